The molecule has 6 nitrogen and oxygen atoms in total. The van der Waals surface area contributed by atoms with E-state index in [-0.39, 0.29) is 11.6 Å². The molecule has 2 fully saturated rings. The Morgan fingerprint density at radius 3 is 2.42 bits per heavy atom. The highest BCUT2D eigenvalue weighted by atomic mass is 19.4. The first-order valence-corrected chi connectivity index (χ1v) is 11.0. The highest BCUT2D eigenvalue weighted by Gasteiger charge is 2.50. The molecule has 1 spiro atoms. The number of halogens is 3. The number of nitrogens with one attached hydrogen (secondary N) is 1. The summed E-state index contributed by atoms with van der Waals surface area (Å²) >= 11 is 0. The summed E-state index contributed by atoms with van der Waals surface area (Å²) in [7, 11) is 5.78. The number of ether oxygens (including phenoxy) is 1. The molecular weight excluding hydrogens is 433 g/mol. The van der Waals surface area contributed by atoms with Gasteiger partial charge in [0.1, 0.15) is 11.4 Å². The summed E-state index contributed by atoms with van der Waals surface area (Å²) in [6.07, 6.45) is -0.219. The summed E-state index contributed by atoms with van der Waals surface area (Å²) < 4.78 is 44.4. The van der Waals surface area contributed by atoms with Gasteiger partial charge >= 0.3 is 12.2 Å². The Balaban J connectivity index is 1.56. The number of amides is 2. The summed E-state index contributed by atoms with van der Waals surface area (Å²) in [6.45, 7) is 1.98. The largest absolute Gasteiger partial charge is 0.497 e. The zero-order valence-corrected chi connectivity index (χ0v) is 19.3. The van der Waals surface area contributed by atoms with E-state index in [1.54, 1.807) is 14.0 Å². The van der Waals surface area contributed by atoms with E-state index in [0.29, 0.717) is 17.8 Å². The lowest BCUT2D eigenvalue weighted by Gasteiger charge is -2.48. The Hall–Kier alpha value is -2.81. The minimum Gasteiger partial charge on any atom is -0.497 e. The number of alkyl halides is 3. The lowest BCUT2D eigenvalue weighted by molar-refractivity contribution is -0.141. The number of pyridine rings is 1. The number of nitrogens with zero attached hydrogens (tertiary/aromatic N) is 3. The van der Waals surface area contributed by atoms with Gasteiger partial charge in [0.25, 0.3) is 0 Å². The molecule has 1 aliphatic carbocycles. The molecule has 2 heterocycles. The first-order valence-electron chi connectivity index (χ1n) is 11.0. The second kappa shape index (κ2) is 8.20. The van der Waals surface area contributed by atoms with E-state index in [0.717, 1.165) is 43.7 Å². The second-order valence-electron chi connectivity index (χ2n) is 9.31. The van der Waals surface area contributed by atoms with Crippen molar-refractivity contribution in [3.63, 3.8) is 0 Å². The molecule has 178 valence electrons. The SMILES string of the molecule is COc1cccc(C2(N(C)C)CCC3(CC2)CN(c2cnc(C(F)(F)F)cc2C)C(=O)N3)c1. The van der Waals surface area contributed by atoms with Crippen molar-refractivity contribution in [1.29, 1.82) is 0 Å². The van der Waals surface area contributed by atoms with Crippen molar-refractivity contribution in [2.24, 2.45) is 0 Å². The van der Waals surface area contributed by atoms with Gasteiger partial charge in [0.05, 0.1) is 31.1 Å². The van der Waals surface area contributed by atoms with Crippen LogP contribution < -0.4 is 15.0 Å². The van der Waals surface area contributed by atoms with Crippen LogP contribution in [-0.4, -0.2) is 49.2 Å². The van der Waals surface area contributed by atoms with E-state index in [9.17, 15) is 18.0 Å². The standard InChI is InChI=1S/C24H29F3N4O2/c1-16-12-20(24(25,26)27)28-14-19(16)31-15-22(29-21(31)32)8-10-23(11-9-22,30(2)3)17-6-5-7-18(13-17)33-4/h5-7,12-14H,8-11,15H2,1-4H3,(H,29,32). The molecule has 0 bridgehead atoms. The van der Waals surface area contributed by atoms with Crippen molar-refractivity contribution in [2.75, 3.05) is 32.6 Å². The van der Waals surface area contributed by atoms with Gasteiger partial charge in [-0.15, -0.1) is 0 Å². The molecule has 1 saturated carbocycles. The van der Waals surface area contributed by atoms with Gasteiger partial charge in [-0.2, -0.15) is 13.2 Å². The maximum absolute atomic E-state index is 13.0. The Bertz CT molecular complexity index is 1050. The quantitative estimate of drug-likeness (QED) is 0.715. The van der Waals surface area contributed by atoms with Gasteiger partial charge < -0.3 is 10.1 Å². The average molecular weight is 463 g/mol. The van der Waals surface area contributed by atoms with Gasteiger partial charge in [-0.1, -0.05) is 12.1 Å². The molecule has 1 aliphatic heterocycles. The van der Waals surface area contributed by atoms with E-state index >= 15 is 0 Å². The van der Waals surface area contributed by atoms with Gasteiger partial charge in [0.15, 0.2) is 0 Å². The number of aryl methyl sites for hydroxylation is 1. The molecule has 1 aromatic carbocycles. The van der Waals surface area contributed by atoms with Crippen LogP contribution in [0.25, 0.3) is 0 Å². The van der Waals surface area contributed by atoms with Gasteiger partial charge in [0, 0.05) is 5.54 Å². The number of hydrogen-bond donors (Lipinski definition) is 1. The molecular formula is C24H29F3N4O2. The second-order valence-corrected chi connectivity index (χ2v) is 9.31. The molecule has 33 heavy (non-hydrogen) atoms. The Kier molecular flexibility index (Phi) is 5.80. The topological polar surface area (TPSA) is 57.7 Å². The molecule has 0 atom stereocenters. The number of benzene rings is 1. The van der Waals surface area contributed by atoms with Crippen molar-refractivity contribution in [1.82, 2.24) is 15.2 Å². The van der Waals surface area contributed by atoms with Gasteiger partial charge in [-0.25, -0.2) is 9.78 Å². The molecule has 2 aliphatic rings. The van der Waals surface area contributed by atoms with E-state index in [1.165, 1.54) is 10.5 Å². The predicted molar refractivity (Wildman–Crippen MR) is 119 cm³/mol. The molecule has 4 rings (SSSR count). The smallest absolute Gasteiger partial charge is 0.433 e. The Morgan fingerprint density at radius 1 is 1.15 bits per heavy atom. The summed E-state index contributed by atoms with van der Waals surface area (Å²) in [6, 6.07) is 8.79. The monoisotopic (exact) mass is 462 g/mol. The molecule has 2 amide bonds. The lowest BCUT2D eigenvalue weighted by atomic mass is 9.69. The lowest BCUT2D eigenvalue weighted by Crippen LogP contribution is -2.54. The number of anilines is 1. The molecule has 1 saturated heterocycles. The van der Waals surface area contributed by atoms with Gasteiger partial charge in [-0.05, 0) is 76.0 Å². The van der Waals surface area contributed by atoms with Crippen LogP contribution in [0.15, 0.2) is 36.5 Å². The highest BCUT2D eigenvalue weighted by Crippen LogP contribution is 2.47. The fraction of sp³-hybridized carbons (Fsp3) is 0.500. The number of carbonyl (C=O) groups excluding carboxylic acids is 1. The Morgan fingerprint density at radius 2 is 1.85 bits per heavy atom. The number of aromatic nitrogens is 1. The molecule has 2 aromatic rings. The highest BCUT2D eigenvalue weighted by molar-refractivity contribution is 5.96. The van der Waals surface area contributed by atoms with Crippen LogP contribution in [0.3, 0.4) is 0 Å². The zero-order valence-electron chi connectivity index (χ0n) is 19.3. The Labute approximate surface area is 191 Å². The van der Waals surface area contributed by atoms with Crippen LogP contribution in [0.4, 0.5) is 23.7 Å². The third-order valence-corrected chi connectivity index (χ3v) is 7.24. The van der Waals surface area contributed by atoms with Gasteiger partial charge in [-0.3, -0.25) is 9.80 Å². The zero-order chi connectivity index (χ0) is 24.0. The predicted octanol–water partition coefficient (Wildman–Crippen LogP) is 4.72. The molecule has 1 N–H and O–H groups in total. The number of rotatable bonds is 4. The minimum atomic E-state index is -4.52. The van der Waals surface area contributed by atoms with Crippen LogP contribution in [0, 0.1) is 6.92 Å². The summed E-state index contributed by atoms with van der Waals surface area (Å²) in [5.41, 5.74) is 0.387. The van der Waals surface area contributed by atoms with E-state index < -0.39 is 17.4 Å². The van der Waals surface area contributed by atoms with E-state index in [2.05, 4.69) is 41.4 Å². The van der Waals surface area contributed by atoms with Crippen LogP contribution in [0.5, 0.6) is 5.75 Å². The first-order chi connectivity index (χ1) is 15.5. The van der Waals surface area contributed by atoms with Crippen molar-refractivity contribution in [3.05, 3.63) is 53.3 Å². The summed E-state index contributed by atoms with van der Waals surface area (Å²) in [4.78, 5) is 20.2. The summed E-state index contributed by atoms with van der Waals surface area (Å²) in [5, 5.41) is 3.13. The molecule has 9 heteroatoms. The number of methoxy groups -OCH3 is 1. The van der Waals surface area contributed by atoms with Crippen LogP contribution in [0.1, 0.15) is 42.5 Å². The normalized spacial score (nSPS) is 25.6. The molecule has 1 aromatic heterocycles. The first kappa shape index (κ1) is 23.4. The number of carbonyl (C=O) groups is 1. The number of hydrogen-bond acceptors (Lipinski definition) is 4. The minimum absolute atomic E-state index is 0.191. The summed E-state index contributed by atoms with van der Waals surface area (Å²) in [5.74, 6) is 0.805. The van der Waals surface area contributed by atoms with Crippen molar-refractivity contribution >= 4 is 11.7 Å². The van der Waals surface area contributed by atoms with Crippen LogP contribution >= 0.6 is 0 Å². The average Bonchev–Trinajstić information content (AvgIpc) is 3.09. The fourth-order valence-corrected chi connectivity index (χ4v) is 5.22. The molecule has 0 unspecified atom stereocenters. The van der Waals surface area contributed by atoms with Crippen molar-refractivity contribution in [3.8, 4) is 5.75 Å². The maximum Gasteiger partial charge on any atom is 0.433 e. The van der Waals surface area contributed by atoms with Crippen LogP contribution in [0.2, 0.25) is 0 Å². The fourth-order valence-electron chi connectivity index (χ4n) is 5.22. The van der Waals surface area contributed by atoms with Gasteiger partial charge in [0.2, 0.25) is 0 Å². The van der Waals surface area contributed by atoms with Crippen molar-refractivity contribution in [2.45, 2.75) is 49.9 Å². The maximum atomic E-state index is 13.0. The molecule has 0 radical (unpaired) electrons. The third kappa shape index (κ3) is 4.14. The van der Waals surface area contributed by atoms with Crippen molar-refractivity contribution < 1.29 is 22.7 Å². The van der Waals surface area contributed by atoms with Crippen LogP contribution in [-0.2, 0) is 11.7 Å². The van der Waals surface area contributed by atoms with E-state index in [1.807, 2.05) is 12.1 Å². The number of urea groups is 1. The van der Waals surface area contributed by atoms with E-state index in [4.69, 9.17) is 4.74 Å². The third-order valence-electron chi connectivity index (χ3n) is 7.24.